The number of hydrogen-bond donors (Lipinski definition) is 3. The molecule has 20 heavy (non-hydrogen) atoms. The fourth-order valence-electron chi connectivity index (χ4n) is 1.97. The normalized spacial score (nSPS) is 32.2. The molecule has 1 aliphatic heterocycles. The molecule has 1 aliphatic rings. The van der Waals surface area contributed by atoms with Gasteiger partial charge in [0.2, 0.25) is 5.91 Å². The number of rotatable bonds is 6. The second-order valence-electron chi connectivity index (χ2n) is 5.12. The standard InChI is InChI=1S/C14H25NO5/c1-9(6-4-5-7-13(18)15-3)19-14-12(17)8-11(16)10(2)20-14/h5,7,9-12,14,16-17H,4,6,8H2,1-3H3,(H,15,18)/b7-5+/t9-,10+,11?,12-,14?/m1/s1. The highest BCUT2D eigenvalue weighted by atomic mass is 16.7. The van der Waals surface area contributed by atoms with E-state index in [-0.39, 0.29) is 24.5 Å². The Hall–Kier alpha value is -0.950. The predicted molar refractivity (Wildman–Crippen MR) is 74.0 cm³/mol. The predicted octanol–water partition coefficient (Wildman–Crippen LogP) is 0.331. The molecule has 0 aromatic carbocycles. The third kappa shape index (κ3) is 5.58. The maximum atomic E-state index is 11.0. The topological polar surface area (TPSA) is 88.0 Å². The van der Waals surface area contributed by atoms with Crippen molar-refractivity contribution in [1.82, 2.24) is 5.32 Å². The summed E-state index contributed by atoms with van der Waals surface area (Å²) in [5.74, 6) is -0.132. The molecule has 116 valence electrons. The van der Waals surface area contributed by atoms with Crippen LogP contribution >= 0.6 is 0 Å². The van der Waals surface area contributed by atoms with E-state index in [0.29, 0.717) is 6.42 Å². The summed E-state index contributed by atoms with van der Waals surface area (Å²) in [5, 5.41) is 21.9. The van der Waals surface area contributed by atoms with Crippen LogP contribution in [0.4, 0.5) is 0 Å². The van der Waals surface area contributed by atoms with Gasteiger partial charge in [0.15, 0.2) is 6.29 Å². The van der Waals surface area contributed by atoms with Crippen LogP contribution in [0.2, 0.25) is 0 Å². The van der Waals surface area contributed by atoms with Crippen LogP contribution in [0.15, 0.2) is 12.2 Å². The molecular formula is C14H25NO5. The van der Waals surface area contributed by atoms with E-state index < -0.39 is 18.5 Å². The lowest BCUT2D eigenvalue weighted by molar-refractivity contribution is -0.273. The molecule has 0 spiro atoms. The maximum Gasteiger partial charge on any atom is 0.243 e. The fraction of sp³-hybridized carbons (Fsp3) is 0.786. The van der Waals surface area contributed by atoms with E-state index in [2.05, 4.69) is 5.32 Å². The molecule has 5 atom stereocenters. The number of likely N-dealkylation sites (N-methyl/N-ethyl adjacent to an activating group) is 1. The van der Waals surface area contributed by atoms with Crippen LogP contribution in [0.1, 0.15) is 33.1 Å². The SMILES string of the molecule is CNC(=O)/C=C/CC[C@@H](C)OC1O[C@@H](C)C(O)C[C@H]1O. The summed E-state index contributed by atoms with van der Waals surface area (Å²) in [7, 11) is 1.58. The number of allylic oxidation sites excluding steroid dienone is 1. The summed E-state index contributed by atoms with van der Waals surface area (Å²) in [6, 6.07) is 0. The molecule has 6 heteroatoms. The summed E-state index contributed by atoms with van der Waals surface area (Å²) in [5.41, 5.74) is 0. The minimum Gasteiger partial charge on any atom is -0.390 e. The molecule has 0 aromatic heterocycles. The van der Waals surface area contributed by atoms with Crippen molar-refractivity contribution in [2.24, 2.45) is 0 Å². The molecule has 0 aliphatic carbocycles. The largest absolute Gasteiger partial charge is 0.390 e. The smallest absolute Gasteiger partial charge is 0.243 e. The lowest BCUT2D eigenvalue weighted by atomic mass is 10.0. The molecule has 0 radical (unpaired) electrons. The highest BCUT2D eigenvalue weighted by molar-refractivity contribution is 5.87. The Kier molecular flexibility index (Phi) is 7.15. The van der Waals surface area contributed by atoms with Gasteiger partial charge in [-0.25, -0.2) is 0 Å². The summed E-state index contributed by atoms with van der Waals surface area (Å²) >= 11 is 0. The maximum absolute atomic E-state index is 11.0. The van der Waals surface area contributed by atoms with Crippen molar-refractivity contribution in [3.05, 3.63) is 12.2 Å². The van der Waals surface area contributed by atoms with Crippen molar-refractivity contribution in [2.45, 2.75) is 63.8 Å². The first kappa shape index (κ1) is 17.1. The number of aliphatic hydroxyl groups is 2. The van der Waals surface area contributed by atoms with Gasteiger partial charge in [0.05, 0.1) is 18.3 Å². The third-order valence-electron chi connectivity index (χ3n) is 3.31. The molecule has 0 saturated carbocycles. The second-order valence-corrected chi connectivity index (χ2v) is 5.12. The Labute approximate surface area is 119 Å². The quantitative estimate of drug-likeness (QED) is 0.613. The van der Waals surface area contributed by atoms with E-state index in [0.717, 1.165) is 6.42 Å². The van der Waals surface area contributed by atoms with E-state index in [4.69, 9.17) is 9.47 Å². The average molecular weight is 287 g/mol. The van der Waals surface area contributed by atoms with E-state index in [9.17, 15) is 15.0 Å². The number of ether oxygens (including phenoxy) is 2. The highest BCUT2D eigenvalue weighted by Crippen LogP contribution is 2.22. The molecule has 0 bridgehead atoms. The number of carbonyl (C=O) groups is 1. The van der Waals surface area contributed by atoms with Gasteiger partial charge in [0, 0.05) is 13.5 Å². The van der Waals surface area contributed by atoms with Crippen LogP contribution in [0.3, 0.4) is 0 Å². The van der Waals surface area contributed by atoms with Crippen LogP contribution in [-0.4, -0.2) is 53.9 Å². The van der Waals surface area contributed by atoms with Gasteiger partial charge in [-0.3, -0.25) is 4.79 Å². The Morgan fingerprint density at radius 3 is 2.85 bits per heavy atom. The minimum absolute atomic E-state index is 0.105. The van der Waals surface area contributed by atoms with Gasteiger partial charge in [-0.1, -0.05) is 6.08 Å². The summed E-state index contributed by atoms with van der Waals surface area (Å²) in [4.78, 5) is 11.0. The number of hydrogen-bond acceptors (Lipinski definition) is 5. The zero-order valence-corrected chi connectivity index (χ0v) is 12.3. The number of amides is 1. The van der Waals surface area contributed by atoms with E-state index in [1.54, 1.807) is 20.0 Å². The van der Waals surface area contributed by atoms with Gasteiger partial charge < -0.3 is 25.0 Å². The van der Waals surface area contributed by atoms with Crippen molar-refractivity contribution in [2.75, 3.05) is 7.05 Å². The highest BCUT2D eigenvalue weighted by Gasteiger charge is 2.35. The number of aliphatic hydroxyl groups excluding tert-OH is 2. The van der Waals surface area contributed by atoms with Crippen molar-refractivity contribution < 1.29 is 24.5 Å². The molecule has 6 nitrogen and oxygen atoms in total. The summed E-state index contributed by atoms with van der Waals surface area (Å²) in [6.07, 6.45) is 2.32. The molecule has 2 unspecified atom stereocenters. The van der Waals surface area contributed by atoms with Gasteiger partial charge >= 0.3 is 0 Å². The minimum atomic E-state index is -0.815. The van der Waals surface area contributed by atoms with Crippen LogP contribution in [0.5, 0.6) is 0 Å². The number of nitrogens with one attached hydrogen (secondary N) is 1. The molecule has 1 rings (SSSR count). The van der Waals surface area contributed by atoms with Crippen molar-refractivity contribution in [1.29, 1.82) is 0 Å². The zero-order chi connectivity index (χ0) is 15.1. The number of carbonyl (C=O) groups excluding carboxylic acids is 1. The zero-order valence-electron chi connectivity index (χ0n) is 12.3. The monoisotopic (exact) mass is 287 g/mol. The van der Waals surface area contributed by atoms with E-state index in [1.165, 1.54) is 6.08 Å². The van der Waals surface area contributed by atoms with E-state index >= 15 is 0 Å². The Bertz CT molecular complexity index is 334. The molecule has 1 fully saturated rings. The Morgan fingerprint density at radius 1 is 1.50 bits per heavy atom. The first-order valence-electron chi connectivity index (χ1n) is 6.99. The molecule has 0 aromatic rings. The first-order valence-corrected chi connectivity index (χ1v) is 6.99. The van der Waals surface area contributed by atoms with Gasteiger partial charge in [-0.05, 0) is 32.8 Å². The molecule has 3 N–H and O–H groups in total. The van der Waals surface area contributed by atoms with Gasteiger partial charge in [0.25, 0.3) is 0 Å². The van der Waals surface area contributed by atoms with Crippen molar-refractivity contribution in [3.8, 4) is 0 Å². The molecular weight excluding hydrogens is 262 g/mol. The average Bonchev–Trinajstić information content (AvgIpc) is 2.40. The fourth-order valence-corrected chi connectivity index (χ4v) is 1.97. The van der Waals surface area contributed by atoms with Crippen LogP contribution in [0, 0.1) is 0 Å². The lowest BCUT2D eigenvalue weighted by Crippen LogP contribution is -2.48. The van der Waals surface area contributed by atoms with Gasteiger partial charge in [0.1, 0.15) is 6.10 Å². The summed E-state index contributed by atoms with van der Waals surface area (Å²) in [6.45, 7) is 3.64. The van der Waals surface area contributed by atoms with Gasteiger partial charge in [-0.15, -0.1) is 0 Å². The van der Waals surface area contributed by atoms with Crippen molar-refractivity contribution >= 4 is 5.91 Å². The van der Waals surface area contributed by atoms with Gasteiger partial charge in [-0.2, -0.15) is 0 Å². The Morgan fingerprint density at radius 2 is 2.20 bits per heavy atom. The molecule has 1 heterocycles. The Balaban J connectivity index is 2.29. The van der Waals surface area contributed by atoms with E-state index in [1.807, 2.05) is 6.92 Å². The first-order chi connectivity index (χ1) is 9.43. The molecule has 1 saturated heterocycles. The van der Waals surface area contributed by atoms with Crippen molar-refractivity contribution in [3.63, 3.8) is 0 Å². The van der Waals surface area contributed by atoms with Crippen LogP contribution in [0.25, 0.3) is 0 Å². The second kappa shape index (κ2) is 8.36. The van der Waals surface area contributed by atoms with Crippen LogP contribution in [-0.2, 0) is 14.3 Å². The van der Waals surface area contributed by atoms with Crippen LogP contribution < -0.4 is 5.32 Å². The summed E-state index contributed by atoms with van der Waals surface area (Å²) < 4.78 is 11.1. The lowest BCUT2D eigenvalue weighted by Gasteiger charge is -2.36. The molecule has 1 amide bonds. The third-order valence-corrected chi connectivity index (χ3v) is 3.31.